The van der Waals surface area contributed by atoms with Crippen molar-refractivity contribution < 1.29 is 12.8 Å². The third-order valence-electron chi connectivity index (χ3n) is 3.00. The van der Waals surface area contributed by atoms with E-state index in [1.807, 2.05) is 0 Å². The van der Waals surface area contributed by atoms with Crippen LogP contribution in [-0.2, 0) is 16.6 Å². The third kappa shape index (κ3) is 3.85. The van der Waals surface area contributed by atoms with E-state index < -0.39 is 16.1 Å². The van der Waals surface area contributed by atoms with E-state index in [1.54, 1.807) is 38.2 Å². The van der Waals surface area contributed by atoms with E-state index in [1.165, 1.54) is 12.3 Å². The quantitative estimate of drug-likeness (QED) is 0.855. The fraction of sp³-hybridized carbons (Fsp3) is 0.286. The van der Waals surface area contributed by atoms with Gasteiger partial charge in [-0.25, -0.2) is 13.1 Å². The number of hydrogen-bond acceptors (Lipinski definition) is 4. The van der Waals surface area contributed by atoms with Crippen LogP contribution < -0.4 is 10.0 Å². The fourth-order valence-electron chi connectivity index (χ4n) is 1.94. The van der Waals surface area contributed by atoms with Crippen LogP contribution in [0.15, 0.2) is 45.9 Å². The van der Waals surface area contributed by atoms with Gasteiger partial charge in [0.05, 0.1) is 17.2 Å². The first-order valence-electron chi connectivity index (χ1n) is 6.43. The minimum Gasteiger partial charge on any atom is -0.468 e. The minimum atomic E-state index is -3.64. The standard InChI is InChI=1S/C14H17ClN2O3S/c1-10(14-4-3-7-20-14)17-21(18,19)12-5-6-13(15)11(8-12)9-16-2/h3-8,10,16-17H,9H2,1-2H3. The SMILES string of the molecule is CNCc1cc(S(=O)(=O)NC(C)c2ccco2)ccc1Cl. The summed E-state index contributed by atoms with van der Waals surface area (Å²) >= 11 is 6.04. The van der Waals surface area contributed by atoms with Crippen LogP contribution in [0.2, 0.25) is 5.02 Å². The Hall–Kier alpha value is -1.34. The van der Waals surface area contributed by atoms with Gasteiger partial charge in [-0.05, 0) is 49.9 Å². The molecular weight excluding hydrogens is 312 g/mol. The van der Waals surface area contributed by atoms with Gasteiger partial charge in [-0.2, -0.15) is 0 Å². The summed E-state index contributed by atoms with van der Waals surface area (Å²) in [6, 6.07) is 7.62. The van der Waals surface area contributed by atoms with Crippen molar-refractivity contribution in [2.45, 2.75) is 24.4 Å². The van der Waals surface area contributed by atoms with Crippen LogP contribution >= 0.6 is 11.6 Å². The lowest BCUT2D eigenvalue weighted by atomic mass is 10.2. The van der Waals surface area contributed by atoms with Crippen LogP contribution in [0.3, 0.4) is 0 Å². The lowest BCUT2D eigenvalue weighted by molar-refractivity contribution is 0.459. The monoisotopic (exact) mass is 328 g/mol. The molecule has 114 valence electrons. The van der Waals surface area contributed by atoms with E-state index in [0.29, 0.717) is 17.3 Å². The van der Waals surface area contributed by atoms with Gasteiger partial charge in [0.15, 0.2) is 0 Å². The summed E-state index contributed by atoms with van der Waals surface area (Å²) in [5, 5.41) is 3.48. The molecule has 1 atom stereocenters. The molecule has 2 aromatic rings. The van der Waals surface area contributed by atoms with E-state index in [-0.39, 0.29) is 4.90 Å². The number of halogens is 1. The summed E-state index contributed by atoms with van der Waals surface area (Å²) in [7, 11) is -1.87. The van der Waals surface area contributed by atoms with Crippen molar-refractivity contribution in [3.8, 4) is 0 Å². The maximum absolute atomic E-state index is 12.4. The highest BCUT2D eigenvalue weighted by Gasteiger charge is 2.20. The Labute approximate surface area is 129 Å². The lowest BCUT2D eigenvalue weighted by Crippen LogP contribution is -2.26. The molecule has 1 aromatic carbocycles. The van der Waals surface area contributed by atoms with Gasteiger partial charge in [0, 0.05) is 11.6 Å². The zero-order valence-electron chi connectivity index (χ0n) is 11.8. The Morgan fingerprint density at radius 1 is 1.33 bits per heavy atom. The molecule has 1 aromatic heterocycles. The molecule has 0 bridgehead atoms. The summed E-state index contributed by atoms with van der Waals surface area (Å²) in [6.45, 7) is 2.22. The van der Waals surface area contributed by atoms with Gasteiger partial charge in [-0.3, -0.25) is 0 Å². The van der Waals surface area contributed by atoms with Crippen molar-refractivity contribution in [2.75, 3.05) is 7.05 Å². The largest absolute Gasteiger partial charge is 0.468 e. The van der Waals surface area contributed by atoms with Crippen LogP contribution in [0.4, 0.5) is 0 Å². The maximum Gasteiger partial charge on any atom is 0.241 e. The van der Waals surface area contributed by atoms with Crippen molar-refractivity contribution in [2.24, 2.45) is 0 Å². The van der Waals surface area contributed by atoms with E-state index in [0.717, 1.165) is 5.56 Å². The molecule has 0 saturated carbocycles. The highest BCUT2D eigenvalue weighted by molar-refractivity contribution is 7.89. The van der Waals surface area contributed by atoms with E-state index in [2.05, 4.69) is 10.0 Å². The highest BCUT2D eigenvalue weighted by Crippen LogP contribution is 2.22. The van der Waals surface area contributed by atoms with Crippen LogP contribution in [0.1, 0.15) is 24.3 Å². The van der Waals surface area contributed by atoms with E-state index in [4.69, 9.17) is 16.0 Å². The molecule has 0 aliphatic rings. The zero-order valence-corrected chi connectivity index (χ0v) is 13.3. The van der Waals surface area contributed by atoms with Gasteiger partial charge in [-0.1, -0.05) is 11.6 Å². The second-order valence-electron chi connectivity index (χ2n) is 4.64. The first-order valence-corrected chi connectivity index (χ1v) is 8.29. The normalized spacial score (nSPS) is 13.3. The zero-order chi connectivity index (χ0) is 15.5. The molecule has 0 aliphatic heterocycles. The van der Waals surface area contributed by atoms with Gasteiger partial charge in [0.25, 0.3) is 0 Å². The van der Waals surface area contributed by atoms with Crippen LogP contribution in [0.5, 0.6) is 0 Å². The van der Waals surface area contributed by atoms with Crippen molar-refractivity contribution in [3.05, 3.63) is 52.9 Å². The van der Waals surface area contributed by atoms with Crippen molar-refractivity contribution in [3.63, 3.8) is 0 Å². The number of furan rings is 1. The molecule has 2 rings (SSSR count). The number of sulfonamides is 1. The molecule has 21 heavy (non-hydrogen) atoms. The molecule has 0 radical (unpaired) electrons. The molecule has 0 amide bonds. The van der Waals surface area contributed by atoms with Crippen molar-refractivity contribution in [1.29, 1.82) is 0 Å². The number of nitrogens with one attached hydrogen (secondary N) is 2. The topological polar surface area (TPSA) is 71.3 Å². The summed E-state index contributed by atoms with van der Waals surface area (Å²) in [6.07, 6.45) is 1.51. The van der Waals surface area contributed by atoms with Crippen molar-refractivity contribution >= 4 is 21.6 Å². The van der Waals surface area contributed by atoms with Crippen molar-refractivity contribution in [1.82, 2.24) is 10.0 Å². The van der Waals surface area contributed by atoms with E-state index in [9.17, 15) is 8.42 Å². The molecule has 5 nitrogen and oxygen atoms in total. The van der Waals surface area contributed by atoms with E-state index >= 15 is 0 Å². The molecule has 2 N–H and O–H groups in total. The van der Waals surface area contributed by atoms with Crippen LogP contribution in [-0.4, -0.2) is 15.5 Å². The van der Waals surface area contributed by atoms with Gasteiger partial charge >= 0.3 is 0 Å². The van der Waals surface area contributed by atoms with Gasteiger partial charge in [-0.15, -0.1) is 0 Å². The lowest BCUT2D eigenvalue weighted by Gasteiger charge is -2.13. The first kappa shape index (κ1) is 16.0. The summed E-state index contributed by atoms with van der Waals surface area (Å²) in [5.41, 5.74) is 0.729. The molecule has 1 heterocycles. The average Bonchev–Trinajstić information content (AvgIpc) is 2.95. The predicted molar refractivity (Wildman–Crippen MR) is 81.7 cm³/mol. The maximum atomic E-state index is 12.4. The Kier molecular flexibility index (Phi) is 5.05. The summed E-state index contributed by atoms with van der Waals surface area (Å²) in [5.74, 6) is 0.558. The van der Waals surface area contributed by atoms with Gasteiger partial charge in [0.2, 0.25) is 10.0 Å². The third-order valence-corrected chi connectivity index (χ3v) is 4.90. The number of benzene rings is 1. The molecule has 0 spiro atoms. The van der Waals surface area contributed by atoms with Crippen LogP contribution in [0.25, 0.3) is 0 Å². The van der Waals surface area contributed by atoms with Gasteiger partial charge < -0.3 is 9.73 Å². The molecular formula is C14H17ClN2O3S. The molecule has 7 heteroatoms. The Morgan fingerprint density at radius 3 is 2.71 bits per heavy atom. The molecule has 0 fully saturated rings. The second kappa shape index (κ2) is 6.62. The second-order valence-corrected chi connectivity index (χ2v) is 6.76. The number of rotatable bonds is 6. The Balaban J connectivity index is 2.25. The molecule has 1 unspecified atom stereocenters. The highest BCUT2D eigenvalue weighted by atomic mass is 35.5. The Morgan fingerprint density at radius 2 is 2.10 bits per heavy atom. The molecule has 0 saturated heterocycles. The summed E-state index contributed by atoms with van der Waals surface area (Å²) < 4.78 is 32.6. The number of hydrogen-bond donors (Lipinski definition) is 2. The van der Waals surface area contributed by atoms with Crippen LogP contribution in [0, 0.1) is 0 Å². The average molecular weight is 329 g/mol. The summed E-state index contributed by atoms with van der Waals surface area (Å²) in [4.78, 5) is 0.176. The smallest absolute Gasteiger partial charge is 0.241 e. The molecule has 0 aliphatic carbocycles. The fourth-order valence-corrected chi connectivity index (χ4v) is 3.39. The minimum absolute atomic E-state index is 0.176. The first-order chi connectivity index (χ1) is 9.94. The van der Waals surface area contributed by atoms with Gasteiger partial charge in [0.1, 0.15) is 5.76 Å². The Bertz CT molecular complexity index is 699. The predicted octanol–water partition coefficient (Wildman–Crippen LogP) is 2.69.